The lowest BCUT2D eigenvalue weighted by Crippen LogP contribution is -2.54. The van der Waals surface area contributed by atoms with Crippen LogP contribution in [0, 0.1) is 17.8 Å². The first-order chi connectivity index (χ1) is 6.18. The number of nitrogens with two attached hydrogens (primary N) is 1. The zero-order chi connectivity index (χ0) is 9.05. The van der Waals surface area contributed by atoms with E-state index in [0.717, 1.165) is 37.0 Å². The molecule has 4 rings (SSSR count). The van der Waals surface area contributed by atoms with Crippen molar-refractivity contribution < 1.29 is 4.21 Å². The highest BCUT2D eigenvalue weighted by atomic mass is 35.5. The second-order valence-electron chi connectivity index (χ2n) is 5.40. The largest absolute Gasteiger partial charge is 0.251 e. The molecular weight excluding hydrogens is 218 g/mol. The first-order valence-corrected chi connectivity index (χ1v) is 6.55. The van der Waals surface area contributed by atoms with Crippen molar-refractivity contribution in [2.75, 3.05) is 0 Å². The monoisotopic (exact) mass is 235 g/mol. The van der Waals surface area contributed by atoms with Crippen LogP contribution in [-0.2, 0) is 11.0 Å². The maximum Gasteiger partial charge on any atom is 0.0951 e. The summed E-state index contributed by atoms with van der Waals surface area (Å²) >= 11 is 0. The van der Waals surface area contributed by atoms with Gasteiger partial charge in [0.1, 0.15) is 0 Å². The second kappa shape index (κ2) is 3.46. The van der Waals surface area contributed by atoms with Crippen LogP contribution in [0.4, 0.5) is 0 Å². The lowest BCUT2D eigenvalue weighted by atomic mass is 9.56. The predicted octanol–water partition coefficient (Wildman–Crippen LogP) is 2.00. The quantitative estimate of drug-likeness (QED) is 0.742. The van der Waals surface area contributed by atoms with E-state index in [1.807, 2.05) is 0 Å². The van der Waals surface area contributed by atoms with Crippen molar-refractivity contribution in [3.63, 3.8) is 0 Å². The summed E-state index contributed by atoms with van der Waals surface area (Å²) < 4.78 is 11.6. The Labute approximate surface area is 94.0 Å². The third-order valence-electron chi connectivity index (χ3n) is 4.41. The van der Waals surface area contributed by atoms with Crippen LogP contribution in [0.25, 0.3) is 0 Å². The van der Waals surface area contributed by atoms with Gasteiger partial charge in [-0.25, -0.2) is 4.21 Å². The van der Waals surface area contributed by atoms with Gasteiger partial charge in [-0.05, 0) is 56.3 Å². The molecule has 0 saturated heterocycles. The Balaban J connectivity index is 0.000000750. The average Bonchev–Trinajstić information content (AvgIpc) is 2.00. The molecule has 4 aliphatic carbocycles. The zero-order valence-corrected chi connectivity index (χ0v) is 9.91. The van der Waals surface area contributed by atoms with Crippen molar-refractivity contribution in [1.82, 2.24) is 0 Å². The molecule has 0 aromatic heterocycles. The molecule has 0 radical (unpaired) electrons. The van der Waals surface area contributed by atoms with Crippen molar-refractivity contribution in [2.45, 2.75) is 43.3 Å². The second-order valence-corrected chi connectivity index (χ2v) is 6.86. The van der Waals surface area contributed by atoms with Crippen LogP contribution in [0.5, 0.6) is 0 Å². The summed E-state index contributed by atoms with van der Waals surface area (Å²) in [6.45, 7) is 0. The van der Waals surface area contributed by atoms with Crippen molar-refractivity contribution >= 4 is 23.4 Å². The SMILES string of the molecule is Cl.NS(=O)C12CC3CC(CC(C3)C1)C2. The predicted molar refractivity (Wildman–Crippen MR) is 60.5 cm³/mol. The summed E-state index contributed by atoms with van der Waals surface area (Å²) in [6, 6.07) is 0. The van der Waals surface area contributed by atoms with Gasteiger partial charge in [0.25, 0.3) is 0 Å². The summed E-state index contributed by atoms with van der Waals surface area (Å²) in [5, 5.41) is 5.66. The van der Waals surface area contributed by atoms with Gasteiger partial charge in [0.2, 0.25) is 0 Å². The van der Waals surface area contributed by atoms with Gasteiger partial charge in [0.15, 0.2) is 0 Å². The molecule has 4 saturated carbocycles. The minimum absolute atomic E-state index is 0. The van der Waals surface area contributed by atoms with E-state index in [-0.39, 0.29) is 17.2 Å². The number of hydrogen-bond acceptors (Lipinski definition) is 1. The first-order valence-electron chi connectivity index (χ1n) is 5.34. The van der Waals surface area contributed by atoms with Gasteiger partial charge >= 0.3 is 0 Å². The molecule has 4 aliphatic rings. The highest BCUT2D eigenvalue weighted by Gasteiger charge is 2.53. The fourth-order valence-electron chi connectivity index (χ4n) is 4.28. The lowest BCUT2D eigenvalue weighted by Gasteiger charge is -2.55. The Bertz CT molecular complexity index is 234. The Kier molecular flexibility index (Phi) is 2.70. The minimum atomic E-state index is -1.07. The average molecular weight is 236 g/mol. The van der Waals surface area contributed by atoms with Crippen molar-refractivity contribution in [2.24, 2.45) is 22.9 Å². The molecule has 0 amide bonds. The van der Waals surface area contributed by atoms with E-state index < -0.39 is 11.0 Å². The summed E-state index contributed by atoms with van der Waals surface area (Å²) in [4.78, 5) is 0. The molecule has 0 heterocycles. The molecule has 1 atom stereocenters. The maximum atomic E-state index is 11.6. The van der Waals surface area contributed by atoms with Gasteiger partial charge < -0.3 is 0 Å². The normalized spacial score (nSPS) is 51.4. The Hall–Kier alpha value is 0.400. The Morgan fingerprint density at radius 3 is 1.64 bits per heavy atom. The van der Waals surface area contributed by atoms with E-state index >= 15 is 0 Å². The molecule has 4 fully saturated rings. The molecule has 2 N–H and O–H groups in total. The molecule has 82 valence electrons. The summed E-state index contributed by atoms with van der Waals surface area (Å²) in [6.07, 6.45) is 7.66. The van der Waals surface area contributed by atoms with Crippen molar-refractivity contribution in [3.05, 3.63) is 0 Å². The molecule has 1 unspecified atom stereocenters. The van der Waals surface area contributed by atoms with E-state index in [2.05, 4.69) is 0 Å². The van der Waals surface area contributed by atoms with E-state index in [4.69, 9.17) is 5.14 Å². The third kappa shape index (κ3) is 1.44. The van der Waals surface area contributed by atoms with Gasteiger partial charge in [-0.15, -0.1) is 12.4 Å². The van der Waals surface area contributed by atoms with Crippen LogP contribution in [0.3, 0.4) is 0 Å². The molecule has 0 aliphatic heterocycles. The van der Waals surface area contributed by atoms with Crippen LogP contribution in [-0.4, -0.2) is 8.96 Å². The Morgan fingerprint density at radius 2 is 1.36 bits per heavy atom. The van der Waals surface area contributed by atoms with Gasteiger partial charge in [0.05, 0.1) is 15.7 Å². The summed E-state index contributed by atoms with van der Waals surface area (Å²) in [5.74, 6) is 2.58. The van der Waals surface area contributed by atoms with E-state index in [9.17, 15) is 4.21 Å². The topological polar surface area (TPSA) is 43.1 Å². The fourth-order valence-corrected chi connectivity index (χ4v) is 5.48. The van der Waals surface area contributed by atoms with E-state index in [0.29, 0.717) is 0 Å². The molecule has 2 nitrogen and oxygen atoms in total. The molecular formula is C10H18ClNOS. The maximum absolute atomic E-state index is 11.6. The molecule has 4 heteroatoms. The zero-order valence-electron chi connectivity index (χ0n) is 8.28. The molecule has 0 aromatic carbocycles. The van der Waals surface area contributed by atoms with Crippen molar-refractivity contribution in [1.29, 1.82) is 0 Å². The van der Waals surface area contributed by atoms with Crippen LogP contribution in [0.2, 0.25) is 0 Å². The van der Waals surface area contributed by atoms with E-state index in [1.54, 1.807) is 0 Å². The summed E-state index contributed by atoms with van der Waals surface area (Å²) in [5.41, 5.74) is 0. The van der Waals surface area contributed by atoms with Crippen LogP contribution >= 0.6 is 12.4 Å². The number of halogens is 1. The highest BCUT2D eigenvalue weighted by Crippen LogP contribution is 2.57. The lowest BCUT2D eigenvalue weighted by molar-refractivity contribution is 0.0361. The fraction of sp³-hybridized carbons (Fsp3) is 1.00. The molecule has 14 heavy (non-hydrogen) atoms. The van der Waals surface area contributed by atoms with Crippen molar-refractivity contribution in [3.8, 4) is 0 Å². The van der Waals surface area contributed by atoms with Gasteiger partial charge in [-0.1, -0.05) is 0 Å². The van der Waals surface area contributed by atoms with Gasteiger partial charge in [-0.3, -0.25) is 5.14 Å². The third-order valence-corrected chi connectivity index (χ3v) is 5.76. The van der Waals surface area contributed by atoms with Crippen LogP contribution in [0.15, 0.2) is 0 Å². The van der Waals surface area contributed by atoms with Crippen LogP contribution in [0.1, 0.15) is 38.5 Å². The Morgan fingerprint density at radius 1 is 1.00 bits per heavy atom. The van der Waals surface area contributed by atoms with Gasteiger partial charge in [0, 0.05) is 0 Å². The highest BCUT2D eigenvalue weighted by molar-refractivity contribution is 7.84. The summed E-state index contributed by atoms with van der Waals surface area (Å²) in [7, 11) is -1.07. The smallest absolute Gasteiger partial charge is 0.0951 e. The molecule has 4 bridgehead atoms. The van der Waals surface area contributed by atoms with Gasteiger partial charge in [-0.2, -0.15) is 0 Å². The molecule has 0 spiro atoms. The van der Waals surface area contributed by atoms with E-state index in [1.165, 1.54) is 19.3 Å². The molecule has 0 aromatic rings. The van der Waals surface area contributed by atoms with Crippen LogP contribution < -0.4 is 5.14 Å². The number of rotatable bonds is 1. The standard InChI is InChI=1S/C10H17NOS.ClH/c11-13(12)10-4-7-1-8(5-10)3-9(2-7)6-10;/h7-9H,1-6,11H2;1H. The number of hydrogen-bond donors (Lipinski definition) is 1. The minimum Gasteiger partial charge on any atom is -0.251 e. The first kappa shape index (κ1) is 10.9.